The summed E-state index contributed by atoms with van der Waals surface area (Å²) in [5, 5.41) is 16.9. The van der Waals surface area contributed by atoms with Crippen molar-refractivity contribution in [2.24, 2.45) is 0 Å². The Morgan fingerprint density at radius 3 is 2.86 bits per heavy atom. The summed E-state index contributed by atoms with van der Waals surface area (Å²) in [6.07, 6.45) is 3.77. The molecular formula is C15H14N4O2. The average Bonchev–Trinajstić information content (AvgIpc) is 2.94. The number of rotatable bonds is 1. The number of hydrogen-bond acceptors (Lipinski definition) is 5. The maximum atomic E-state index is 12.4. The molecule has 2 heterocycles. The number of fused-ring (bicyclic) bond motifs is 1. The number of carbonyl (C=O) groups is 1. The fourth-order valence-electron chi connectivity index (χ4n) is 3.06. The highest BCUT2D eigenvalue weighted by molar-refractivity contribution is 5.99. The van der Waals surface area contributed by atoms with Crippen LogP contribution < -0.4 is 5.32 Å². The van der Waals surface area contributed by atoms with Gasteiger partial charge in [-0.2, -0.15) is 10.1 Å². The Kier molecular flexibility index (Phi) is 2.57. The van der Waals surface area contributed by atoms with Crippen LogP contribution in [-0.2, 0) is 4.79 Å². The zero-order chi connectivity index (χ0) is 14.4. The molecule has 6 nitrogen and oxygen atoms in total. The monoisotopic (exact) mass is 282 g/mol. The van der Waals surface area contributed by atoms with Crippen molar-refractivity contribution >= 4 is 11.7 Å². The van der Waals surface area contributed by atoms with Gasteiger partial charge in [0.05, 0.1) is 0 Å². The van der Waals surface area contributed by atoms with Gasteiger partial charge >= 0.3 is 0 Å². The van der Waals surface area contributed by atoms with E-state index in [-0.39, 0.29) is 17.6 Å². The molecule has 21 heavy (non-hydrogen) atoms. The summed E-state index contributed by atoms with van der Waals surface area (Å²) >= 11 is 0. The maximum absolute atomic E-state index is 12.4. The Morgan fingerprint density at radius 2 is 2.05 bits per heavy atom. The molecule has 0 saturated carbocycles. The highest BCUT2D eigenvalue weighted by Crippen LogP contribution is 2.39. The Bertz CT molecular complexity index is 745. The van der Waals surface area contributed by atoms with Crippen LogP contribution in [0.2, 0.25) is 0 Å². The lowest BCUT2D eigenvalue weighted by molar-refractivity contribution is -0.116. The van der Waals surface area contributed by atoms with Gasteiger partial charge in [-0.25, -0.2) is 4.68 Å². The van der Waals surface area contributed by atoms with Crippen LogP contribution in [0.15, 0.2) is 41.9 Å². The number of phenolic OH excluding ortho intramolecular Hbond substituents is 1. The molecule has 1 aromatic heterocycles. The minimum absolute atomic E-state index is 0.156. The highest BCUT2D eigenvalue weighted by Gasteiger charge is 2.35. The van der Waals surface area contributed by atoms with Gasteiger partial charge in [-0.05, 0) is 30.5 Å². The van der Waals surface area contributed by atoms with Crippen molar-refractivity contribution in [1.29, 1.82) is 0 Å². The van der Waals surface area contributed by atoms with E-state index < -0.39 is 0 Å². The number of nitrogens with zero attached hydrogens (tertiary/aromatic N) is 3. The lowest BCUT2D eigenvalue weighted by Crippen LogP contribution is -2.31. The van der Waals surface area contributed by atoms with Crippen LogP contribution in [0.3, 0.4) is 0 Å². The van der Waals surface area contributed by atoms with Gasteiger partial charge in [0.2, 0.25) is 5.95 Å². The summed E-state index contributed by atoms with van der Waals surface area (Å²) in [4.78, 5) is 16.6. The third-order valence-electron chi connectivity index (χ3n) is 4.02. The molecule has 2 aliphatic rings. The molecule has 0 saturated heterocycles. The van der Waals surface area contributed by atoms with E-state index in [0.717, 1.165) is 29.7 Å². The summed E-state index contributed by atoms with van der Waals surface area (Å²) in [6.45, 7) is 0. The fraction of sp³-hybridized carbons (Fsp3) is 0.267. The summed E-state index contributed by atoms with van der Waals surface area (Å²) in [5.74, 6) is 1.01. The molecule has 6 heteroatoms. The van der Waals surface area contributed by atoms with E-state index in [1.54, 1.807) is 16.8 Å². The first-order valence-corrected chi connectivity index (χ1v) is 6.96. The fourth-order valence-corrected chi connectivity index (χ4v) is 3.06. The first-order valence-electron chi connectivity index (χ1n) is 6.96. The van der Waals surface area contributed by atoms with Crippen LogP contribution in [0.5, 0.6) is 5.75 Å². The summed E-state index contributed by atoms with van der Waals surface area (Å²) in [5.41, 5.74) is 2.64. The number of aromatic hydroxyl groups is 1. The predicted molar refractivity (Wildman–Crippen MR) is 75.8 cm³/mol. The molecule has 1 atom stereocenters. The minimum atomic E-state index is -0.271. The van der Waals surface area contributed by atoms with E-state index in [9.17, 15) is 9.90 Å². The van der Waals surface area contributed by atoms with Gasteiger partial charge in [-0.3, -0.25) is 4.79 Å². The molecule has 1 aliphatic carbocycles. The van der Waals surface area contributed by atoms with Crippen molar-refractivity contribution in [3.05, 3.63) is 47.4 Å². The van der Waals surface area contributed by atoms with Gasteiger partial charge in [0, 0.05) is 17.7 Å². The molecule has 4 rings (SSSR count). The van der Waals surface area contributed by atoms with Gasteiger partial charge in [0.25, 0.3) is 0 Å². The van der Waals surface area contributed by atoms with Crippen LogP contribution in [0, 0.1) is 0 Å². The molecule has 0 amide bonds. The second-order valence-electron chi connectivity index (χ2n) is 5.32. The first-order chi connectivity index (χ1) is 10.2. The molecule has 0 fully saturated rings. The van der Waals surface area contributed by atoms with E-state index in [1.807, 2.05) is 12.1 Å². The molecule has 0 spiro atoms. The first kappa shape index (κ1) is 12.1. The molecule has 106 valence electrons. The van der Waals surface area contributed by atoms with Crippen molar-refractivity contribution in [2.75, 3.05) is 5.32 Å². The zero-order valence-corrected chi connectivity index (χ0v) is 11.3. The van der Waals surface area contributed by atoms with Gasteiger partial charge in [0.1, 0.15) is 18.1 Å². The van der Waals surface area contributed by atoms with E-state index in [4.69, 9.17) is 0 Å². The Balaban J connectivity index is 1.91. The standard InChI is InChI=1S/C15H14N4O2/c20-10-6-4-9(5-7-10)14-13-11(2-1-3-12(13)21)18-15-16-8-17-19(14)15/h4-8,14,20H,1-3H2,(H,16,17,18)/t14-/m1/s1. The van der Waals surface area contributed by atoms with E-state index >= 15 is 0 Å². The van der Waals surface area contributed by atoms with Crippen LogP contribution in [-0.4, -0.2) is 25.7 Å². The van der Waals surface area contributed by atoms with Crippen LogP contribution in [0.4, 0.5) is 5.95 Å². The second-order valence-corrected chi connectivity index (χ2v) is 5.32. The summed E-state index contributed by atoms with van der Waals surface area (Å²) in [6, 6.07) is 6.63. The Morgan fingerprint density at radius 1 is 1.24 bits per heavy atom. The van der Waals surface area contributed by atoms with Crippen molar-refractivity contribution in [3.8, 4) is 5.75 Å². The van der Waals surface area contributed by atoms with Crippen LogP contribution in [0.25, 0.3) is 0 Å². The van der Waals surface area contributed by atoms with Gasteiger partial charge in [0.15, 0.2) is 5.78 Å². The number of nitrogens with one attached hydrogen (secondary N) is 1. The third kappa shape index (κ3) is 1.83. The summed E-state index contributed by atoms with van der Waals surface area (Å²) < 4.78 is 1.73. The number of anilines is 1. The molecule has 0 radical (unpaired) electrons. The van der Waals surface area contributed by atoms with E-state index in [0.29, 0.717) is 12.4 Å². The van der Waals surface area contributed by atoms with Gasteiger partial charge < -0.3 is 10.4 Å². The number of benzene rings is 1. The molecule has 2 N–H and O–H groups in total. The minimum Gasteiger partial charge on any atom is -0.508 e. The molecule has 2 aromatic rings. The lowest BCUT2D eigenvalue weighted by Gasteiger charge is -2.32. The van der Waals surface area contributed by atoms with Crippen molar-refractivity contribution in [3.63, 3.8) is 0 Å². The van der Waals surface area contributed by atoms with Gasteiger partial charge in [-0.15, -0.1) is 0 Å². The topological polar surface area (TPSA) is 80.0 Å². The second kappa shape index (κ2) is 4.44. The lowest BCUT2D eigenvalue weighted by atomic mass is 9.85. The molecular weight excluding hydrogens is 268 g/mol. The third-order valence-corrected chi connectivity index (χ3v) is 4.02. The highest BCUT2D eigenvalue weighted by atomic mass is 16.3. The normalized spacial score (nSPS) is 20.8. The molecule has 0 unspecified atom stereocenters. The number of allylic oxidation sites excluding steroid dienone is 2. The Hall–Kier alpha value is -2.63. The number of Topliss-reactive ketones (excluding diaryl/α,β-unsaturated/α-hetero) is 1. The number of aromatic nitrogens is 3. The number of ketones is 1. The van der Waals surface area contributed by atoms with E-state index in [2.05, 4.69) is 15.4 Å². The maximum Gasteiger partial charge on any atom is 0.226 e. The molecule has 1 aromatic carbocycles. The van der Waals surface area contributed by atoms with Crippen molar-refractivity contribution in [1.82, 2.24) is 14.8 Å². The van der Waals surface area contributed by atoms with Crippen LogP contribution in [0.1, 0.15) is 30.9 Å². The average molecular weight is 282 g/mol. The van der Waals surface area contributed by atoms with Crippen molar-refractivity contribution < 1.29 is 9.90 Å². The summed E-state index contributed by atoms with van der Waals surface area (Å²) in [7, 11) is 0. The molecule has 1 aliphatic heterocycles. The zero-order valence-electron chi connectivity index (χ0n) is 11.3. The number of hydrogen-bond donors (Lipinski definition) is 2. The van der Waals surface area contributed by atoms with E-state index in [1.165, 1.54) is 6.33 Å². The predicted octanol–water partition coefficient (Wildman–Crippen LogP) is 2.01. The van der Waals surface area contributed by atoms with Crippen molar-refractivity contribution in [2.45, 2.75) is 25.3 Å². The molecule has 0 bridgehead atoms. The SMILES string of the molecule is O=C1CCCC2=C1[C@@H](c1ccc(O)cc1)n1ncnc1N2. The largest absolute Gasteiger partial charge is 0.508 e. The number of phenols is 1. The quantitative estimate of drug-likeness (QED) is 0.836. The number of carbonyl (C=O) groups excluding carboxylic acids is 1. The smallest absolute Gasteiger partial charge is 0.226 e. The Labute approximate surface area is 121 Å². The van der Waals surface area contributed by atoms with Crippen LogP contribution >= 0.6 is 0 Å². The van der Waals surface area contributed by atoms with Gasteiger partial charge in [-0.1, -0.05) is 12.1 Å².